The molecule has 0 bridgehead atoms. The molecule has 6 nitrogen and oxygen atoms in total. The van der Waals surface area contributed by atoms with E-state index in [2.05, 4.69) is 5.32 Å². The fraction of sp³-hybridized carbons (Fsp3) is 0.214. The smallest absolute Gasteiger partial charge is 0.247 e. The summed E-state index contributed by atoms with van der Waals surface area (Å²) in [6.45, 7) is 3.00. The molecule has 2 aromatic heterocycles. The monoisotopic (exact) mass is 488 g/mol. The van der Waals surface area contributed by atoms with Gasteiger partial charge in [-0.3, -0.25) is 9.59 Å². The minimum Gasteiger partial charge on any atom is -0.494 e. The fourth-order valence-corrected chi connectivity index (χ4v) is 4.52. The van der Waals surface area contributed by atoms with Gasteiger partial charge in [0.05, 0.1) is 25.8 Å². The lowest BCUT2D eigenvalue weighted by Gasteiger charge is -2.31. The van der Waals surface area contributed by atoms with Crippen LogP contribution in [0.3, 0.4) is 0 Å². The Morgan fingerprint density at radius 1 is 1.00 bits per heavy atom. The van der Waals surface area contributed by atoms with Crippen molar-refractivity contribution in [2.24, 2.45) is 0 Å². The molecule has 1 atom stereocenters. The maximum atomic E-state index is 13.6. The van der Waals surface area contributed by atoms with Crippen LogP contribution in [0.4, 0.5) is 0 Å². The number of ether oxygens (including phenoxy) is 1. The molecule has 0 saturated carbocycles. The lowest BCUT2D eigenvalue weighted by atomic mass is 10.0. The number of carbonyl (C=O) groups excluding carboxylic acids is 2. The summed E-state index contributed by atoms with van der Waals surface area (Å²) in [4.78, 5) is 29.8. The zero-order valence-electron chi connectivity index (χ0n) is 19.6. The summed E-state index contributed by atoms with van der Waals surface area (Å²) in [5.74, 6) is 0.903. The molecular weight excluding hydrogens is 460 g/mol. The molecule has 7 heteroatoms. The van der Waals surface area contributed by atoms with Crippen LogP contribution in [0.1, 0.15) is 34.7 Å². The highest BCUT2D eigenvalue weighted by Gasteiger charge is 2.32. The minimum absolute atomic E-state index is 0.155. The van der Waals surface area contributed by atoms with Gasteiger partial charge in [0.15, 0.2) is 0 Å². The maximum absolute atomic E-state index is 13.6. The second-order valence-corrected chi connectivity index (χ2v) is 9.00. The molecule has 2 amide bonds. The van der Waals surface area contributed by atoms with Crippen molar-refractivity contribution < 1.29 is 18.7 Å². The summed E-state index contributed by atoms with van der Waals surface area (Å²) in [6.07, 6.45) is 1.77. The van der Waals surface area contributed by atoms with Gasteiger partial charge >= 0.3 is 0 Å². The van der Waals surface area contributed by atoms with Gasteiger partial charge in [0.25, 0.3) is 0 Å². The first-order valence-corrected chi connectivity index (χ1v) is 12.4. The van der Waals surface area contributed by atoms with Crippen molar-refractivity contribution in [1.29, 1.82) is 0 Å². The quantitative estimate of drug-likeness (QED) is 0.308. The third-order valence-corrected chi connectivity index (χ3v) is 6.39. The second kappa shape index (κ2) is 12.0. The van der Waals surface area contributed by atoms with E-state index >= 15 is 0 Å². The number of nitrogens with zero attached hydrogens (tertiary/aromatic N) is 1. The van der Waals surface area contributed by atoms with Crippen molar-refractivity contribution in [3.8, 4) is 5.75 Å². The molecule has 0 spiro atoms. The van der Waals surface area contributed by atoms with Gasteiger partial charge in [0.1, 0.15) is 17.6 Å². The highest BCUT2D eigenvalue weighted by molar-refractivity contribution is 7.10. The molecule has 0 aliphatic rings. The van der Waals surface area contributed by atoms with E-state index in [1.807, 2.05) is 85.1 Å². The van der Waals surface area contributed by atoms with Gasteiger partial charge in [-0.15, -0.1) is 11.3 Å². The van der Waals surface area contributed by atoms with Gasteiger partial charge in [-0.05, 0) is 53.8 Å². The first-order valence-electron chi connectivity index (χ1n) is 11.5. The highest BCUT2D eigenvalue weighted by Crippen LogP contribution is 2.27. The van der Waals surface area contributed by atoms with Crippen LogP contribution in [0.25, 0.3) is 0 Å². The Morgan fingerprint density at radius 3 is 2.46 bits per heavy atom. The average molecular weight is 489 g/mol. The Morgan fingerprint density at radius 2 is 1.80 bits per heavy atom. The summed E-state index contributed by atoms with van der Waals surface area (Å²) in [7, 11) is 0. The summed E-state index contributed by atoms with van der Waals surface area (Å²) in [6, 6.07) is 23.6. The van der Waals surface area contributed by atoms with Crippen LogP contribution in [0.2, 0.25) is 0 Å². The standard InChI is InChI=1S/C28H28N2O4S/c1-2-33-23-14-12-22(13-15-23)27(28(32)29-19-21-8-4-3-5-9-21)30(20-24-10-6-16-34-24)26(31)18-25-11-7-17-35-25/h3-17,27H,2,18-20H2,1H3,(H,29,32). The van der Waals surface area contributed by atoms with Crippen molar-refractivity contribution in [2.45, 2.75) is 32.5 Å². The van der Waals surface area contributed by atoms with E-state index in [1.54, 1.807) is 17.2 Å². The molecule has 35 heavy (non-hydrogen) atoms. The number of benzene rings is 2. The first kappa shape index (κ1) is 24.3. The van der Waals surface area contributed by atoms with Gasteiger partial charge in [-0.25, -0.2) is 0 Å². The summed E-state index contributed by atoms with van der Waals surface area (Å²) >= 11 is 1.52. The number of carbonyl (C=O) groups is 2. The van der Waals surface area contributed by atoms with Crippen molar-refractivity contribution >= 4 is 23.2 Å². The zero-order chi connectivity index (χ0) is 24.5. The summed E-state index contributed by atoms with van der Waals surface area (Å²) < 4.78 is 11.1. The van der Waals surface area contributed by atoms with Gasteiger partial charge in [-0.2, -0.15) is 0 Å². The largest absolute Gasteiger partial charge is 0.494 e. The molecule has 180 valence electrons. The Bertz CT molecular complexity index is 1190. The van der Waals surface area contributed by atoms with Crippen LogP contribution in [0.5, 0.6) is 5.75 Å². The predicted molar refractivity (Wildman–Crippen MR) is 136 cm³/mol. The molecular formula is C28H28N2O4S. The predicted octanol–water partition coefficient (Wildman–Crippen LogP) is 5.37. The average Bonchev–Trinajstić information content (AvgIpc) is 3.59. The number of amides is 2. The highest BCUT2D eigenvalue weighted by atomic mass is 32.1. The van der Waals surface area contributed by atoms with Crippen LogP contribution in [-0.2, 0) is 29.1 Å². The molecule has 4 aromatic rings. The second-order valence-electron chi connectivity index (χ2n) is 7.97. The van der Waals surface area contributed by atoms with Crippen LogP contribution >= 0.6 is 11.3 Å². The van der Waals surface area contributed by atoms with E-state index in [-0.39, 0.29) is 24.8 Å². The Balaban J connectivity index is 1.66. The first-order chi connectivity index (χ1) is 17.1. The van der Waals surface area contributed by atoms with Crippen LogP contribution in [0.15, 0.2) is 94.9 Å². The molecule has 2 aromatic carbocycles. The van der Waals surface area contributed by atoms with Crippen molar-refractivity contribution in [2.75, 3.05) is 6.61 Å². The zero-order valence-corrected chi connectivity index (χ0v) is 20.4. The number of hydrogen-bond donors (Lipinski definition) is 1. The Kier molecular flexibility index (Phi) is 8.35. The summed E-state index contributed by atoms with van der Waals surface area (Å²) in [5.41, 5.74) is 1.68. The molecule has 1 unspecified atom stereocenters. The van der Waals surface area contributed by atoms with Gasteiger partial charge in [0, 0.05) is 11.4 Å². The Labute approximate surface area is 209 Å². The number of nitrogens with one attached hydrogen (secondary N) is 1. The maximum Gasteiger partial charge on any atom is 0.247 e. The van der Waals surface area contributed by atoms with Crippen LogP contribution in [0, 0.1) is 0 Å². The van der Waals surface area contributed by atoms with E-state index in [1.165, 1.54) is 11.3 Å². The van der Waals surface area contributed by atoms with Gasteiger partial charge in [-0.1, -0.05) is 48.5 Å². The van der Waals surface area contributed by atoms with E-state index < -0.39 is 6.04 Å². The van der Waals surface area contributed by atoms with Crippen molar-refractivity contribution in [1.82, 2.24) is 10.2 Å². The molecule has 2 heterocycles. The number of rotatable bonds is 11. The SMILES string of the molecule is CCOc1ccc(C(C(=O)NCc2ccccc2)N(Cc2ccco2)C(=O)Cc2cccs2)cc1. The third kappa shape index (κ3) is 6.61. The van der Waals surface area contributed by atoms with E-state index in [9.17, 15) is 9.59 Å². The topological polar surface area (TPSA) is 71.8 Å². The normalized spacial score (nSPS) is 11.6. The lowest BCUT2D eigenvalue weighted by Crippen LogP contribution is -2.43. The third-order valence-electron chi connectivity index (χ3n) is 5.51. The summed E-state index contributed by atoms with van der Waals surface area (Å²) in [5, 5.41) is 4.96. The van der Waals surface area contributed by atoms with Crippen molar-refractivity contribution in [3.05, 3.63) is 112 Å². The molecule has 0 fully saturated rings. The molecule has 0 radical (unpaired) electrons. The molecule has 0 saturated heterocycles. The fourth-order valence-electron chi connectivity index (χ4n) is 3.83. The van der Waals surface area contributed by atoms with Crippen LogP contribution < -0.4 is 10.1 Å². The molecule has 1 N–H and O–H groups in total. The molecule has 0 aliphatic carbocycles. The van der Waals surface area contributed by atoms with E-state index in [0.717, 1.165) is 10.4 Å². The lowest BCUT2D eigenvalue weighted by molar-refractivity contribution is -0.141. The minimum atomic E-state index is -0.841. The molecule has 0 aliphatic heterocycles. The van der Waals surface area contributed by atoms with Crippen molar-refractivity contribution in [3.63, 3.8) is 0 Å². The molecule has 4 rings (SSSR count). The van der Waals surface area contributed by atoms with Crippen LogP contribution in [-0.4, -0.2) is 23.3 Å². The van der Waals surface area contributed by atoms with E-state index in [4.69, 9.17) is 9.15 Å². The number of furan rings is 1. The Hall–Kier alpha value is -3.84. The number of hydrogen-bond acceptors (Lipinski definition) is 5. The van der Waals surface area contributed by atoms with E-state index in [0.29, 0.717) is 30.2 Å². The van der Waals surface area contributed by atoms with Gasteiger partial charge in [0.2, 0.25) is 11.8 Å². The number of thiophene rings is 1. The van der Waals surface area contributed by atoms with Gasteiger partial charge < -0.3 is 19.4 Å².